The summed E-state index contributed by atoms with van der Waals surface area (Å²) in [5, 5.41) is 6.85. The van der Waals surface area contributed by atoms with Crippen molar-refractivity contribution in [3.05, 3.63) is 22.4 Å². The van der Waals surface area contributed by atoms with E-state index in [1.54, 1.807) is 20.3 Å². The molecule has 0 aromatic carbocycles. The summed E-state index contributed by atoms with van der Waals surface area (Å²) in [7, 11) is 1.59. The smallest absolute Gasteiger partial charge is 0.208 e. The zero-order valence-corrected chi connectivity index (χ0v) is 9.28. The molecule has 1 atom stereocenters. The summed E-state index contributed by atoms with van der Waals surface area (Å²) in [4.78, 5) is 10.1. The minimum atomic E-state index is 0.0966. The molecule has 1 N–H and O–H groups in total. The fourth-order valence-corrected chi connectivity index (χ4v) is 3.11. The summed E-state index contributed by atoms with van der Waals surface area (Å²) >= 11 is 3.81. The van der Waals surface area contributed by atoms with Crippen LogP contribution >= 0.6 is 41.5 Å². The Kier molecular flexibility index (Phi) is 4.24. The zero-order chi connectivity index (χ0) is 8.10. The molecule has 0 saturated carbocycles. The monoisotopic (exact) mass is 299 g/mol. The van der Waals surface area contributed by atoms with Gasteiger partial charge in [0.25, 0.3) is 0 Å². The van der Waals surface area contributed by atoms with Crippen molar-refractivity contribution in [2.75, 3.05) is 0 Å². The molecular formula is C6H6INOS2. The third kappa shape index (κ3) is 2.64. The molecule has 0 radical (unpaired) electrons. The summed E-state index contributed by atoms with van der Waals surface area (Å²) < 4.78 is 0. The van der Waals surface area contributed by atoms with Crippen molar-refractivity contribution in [1.82, 2.24) is 5.32 Å². The summed E-state index contributed by atoms with van der Waals surface area (Å²) in [5.74, 6) is 0. The number of carbonyl (C=O) groups excluding carboxylic acids is 1. The summed E-state index contributed by atoms with van der Waals surface area (Å²) in [6, 6.07) is 2.01. The van der Waals surface area contributed by atoms with Gasteiger partial charge < -0.3 is 5.32 Å². The van der Waals surface area contributed by atoms with Crippen LogP contribution in [0.5, 0.6) is 0 Å². The lowest BCUT2D eigenvalue weighted by molar-refractivity contribution is -0.109. The Labute approximate surface area is 85.3 Å². The van der Waals surface area contributed by atoms with Gasteiger partial charge in [0.05, 0.1) is 0 Å². The van der Waals surface area contributed by atoms with Crippen LogP contribution in [0.4, 0.5) is 0 Å². The van der Waals surface area contributed by atoms with Crippen LogP contribution in [0.15, 0.2) is 16.8 Å². The fraction of sp³-hybridized carbons (Fsp3) is 0.167. The number of hydrogen-bond acceptors (Lipinski definition) is 3. The number of hydrogen-bond donors (Lipinski definition) is 1. The average molecular weight is 299 g/mol. The van der Waals surface area contributed by atoms with Gasteiger partial charge in [-0.1, -0.05) is 8.93 Å². The fourth-order valence-electron chi connectivity index (χ4n) is 0.659. The van der Waals surface area contributed by atoms with Gasteiger partial charge in [0.1, 0.15) is 5.37 Å². The minimum absolute atomic E-state index is 0.0966. The van der Waals surface area contributed by atoms with Crippen LogP contribution in [0, 0.1) is 0 Å². The van der Waals surface area contributed by atoms with Gasteiger partial charge >= 0.3 is 0 Å². The van der Waals surface area contributed by atoms with Crippen molar-refractivity contribution < 1.29 is 4.79 Å². The van der Waals surface area contributed by atoms with E-state index in [1.165, 1.54) is 0 Å². The van der Waals surface area contributed by atoms with Gasteiger partial charge in [0.2, 0.25) is 6.41 Å². The molecule has 1 unspecified atom stereocenters. The molecule has 60 valence electrons. The third-order valence-corrected chi connectivity index (χ3v) is 3.97. The molecule has 5 heteroatoms. The van der Waals surface area contributed by atoms with E-state index in [0.29, 0.717) is 0 Å². The van der Waals surface area contributed by atoms with E-state index in [9.17, 15) is 4.79 Å². The first kappa shape index (κ1) is 9.34. The van der Waals surface area contributed by atoms with Crippen LogP contribution in [0.25, 0.3) is 0 Å². The van der Waals surface area contributed by atoms with Crippen molar-refractivity contribution >= 4 is 47.9 Å². The lowest BCUT2D eigenvalue weighted by Gasteiger charge is -2.08. The lowest BCUT2D eigenvalue weighted by Crippen LogP contribution is -2.14. The molecule has 0 aliphatic rings. The molecule has 2 nitrogen and oxygen atoms in total. The molecule has 0 fully saturated rings. The van der Waals surface area contributed by atoms with E-state index in [1.807, 2.05) is 16.8 Å². The maximum absolute atomic E-state index is 10.1. The Morgan fingerprint density at radius 1 is 1.82 bits per heavy atom. The second-order valence-electron chi connectivity index (χ2n) is 1.81. The van der Waals surface area contributed by atoms with Crippen molar-refractivity contribution in [3.8, 4) is 0 Å². The number of rotatable bonds is 4. The highest BCUT2D eigenvalue weighted by Crippen LogP contribution is 2.32. The Morgan fingerprint density at radius 3 is 3.09 bits per heavy atom. The van der Waals surface area contributed by atoms with Crippen molar-refractivity contribution in [2.45, 2.75) is 5.37 Å². The molecule has 0 aliphatic carbocycles. The first-order valence-electron chi connectivity index (χ1n) is 2.87. The highest BCUT2D eigenvalue weighted by atomic mass is 127. The Balaban J connectivity index is 2.62. The maximum Gasteiger partial charge on any atom is 0.208 e. The van der Waals surface area contributed by atoms with E-state index in [-0.39, 0.29) is 5.37 Å². The Morgan fingerprint density at radius 2 is 2.64 bits per heavy atom. The van der Waals surface area contributed by atoms with E-state index in [2.05, 4.69) is 26.5 Å². The maximum atomic E-state index is 10.1. The van der Waals surface area contributed by atoms with Crippen LogP contribution in [0.1, 0.15) is 10.9 Å². The molecule has 1 rings (SSSR count). The van der Waals surface area contributed by atoms with E-state index in [0.717, 1.165) is 12.0 Å². The van der Waals surface area contributed by atoms with Gasteiger partial charge in [-0.15, -0.1) is 0 Å². The largest absolute Gasteiger partial charge is 0.342 e. The van der Waals surface area contributed by atoms with Crippen LogP contribution in [-0.4, -0.2) is 6.41 Å². The molecule has 0 saturated heterocycles. The van der Waals surface area contributed by atoms with Gasteiger partial charge in [-0.3, -0.25) is 4.79 Å². The number of amides is 1. The number of carbonyl (C=O) groups is 1. The van der Waals surface area contributed by atoms with E-state index >= 15 is 0 Å². The van der Waals surface area contributed by atoms with E-state index in [4.69, 9.17) is 0 Å². The molecule has 1 amide bonds. The van der Waals surface area contributed by atoms with Crippen LogP contribution in [0.2, 0.25) is 0 Å². The number of nitrogens with one attached hydrogen (secondary N) is 1. The normalized spacial score (nSPS) is 12.5. The first-order valence-corrected chi connectivity index (χ1v) is 7.24. The van der Waals surface area contributed by atoms with Gasteiger partial charge in [0, 0.05) is 0 Å². The summed E-state index contributed by atoms with van der Waals surface area (Å²) in [5.41, 5.74) is 1.15. The standard InChI is InChI=1S/C6H6INOS2/c7-11-6(8-4-9)5-1-2-10-3-5/h1-4,6H,(H,8,9). The topological polar surface area (TPSA) is 29.1 Å². The van der Waals surface area contributed by atoms with Gasteiger partial charge in [0.15, 0.2) is 0 Å². The second kappa shape index (κ2) is 5.00. The highest BCUT2D eigenvalue weighted by molar-refractivity contribution is 14.2. The minimum Gasteiger partial charge on any atom is -0.342 e. The van der Waals surface area contributed by atoms with Crippen molar-refractivity contribution in [2.24, 2.45) is 0 Å². The van der Waals surface area contributed by atoms with Crippen LogP contribution in [-0.2, 0) is 4.79 Å². The number of halogens is 1. The molecule has 1 aromatic rings. The highest BCUT2D eigenvalue weighted by Gasteiger charge is 2.08. The molecule has 0 spiro atoms. The average Bonchev–Trinajstić information content (AvgIpc) is 2.52. The predicted molar refractivity (Wildman–Crippen MR) is 57.9 cm³/mol. The molecule has 11 heavy (non-hydrogen) atoms. The molecule has 0 aliphatic heterocycles. The van der Waals surface area contributed by atoms with Crippen LogP contribution < -0.4 is 5.32 Å². The molecule has 1 heterocycles. The summed E-state index contributed by atoms with van der Waals surface area (Å²) in [6.45, 7) is 0. The zero-order valence-electron chi connectivity index (χ0n) is 5.49. The first-order chi connectivity index (χ1) is 5.38. The SMILES string of the molecule is O=CNC(SI)c1ccsc1. The number of thiophene rings is 1. The summed E-state index contributed by atoms with van der Waals surface area (Å²) in [6.07, 6.45) is 0.730. The third-order valence-electron chi connectivity index (χ3n) is 1.15. The second-order valence-corrected chi connectivity index (χ2v) is 4.77. The Hall–Kier alpha value is 0.250. The van der Waals surface area contributed by atoms with Gasteiger partial charge in [-0.05, 0) is 43.6 Å². The van der Waals surface area contributed by atoms with Crippen molar-refractivity contribution in [1.29, 1.82) is 0 Å². The quantitative estimate of drug-likeness (QED) is 0.526. The van der Waals surface area contributed by atoms with Crippen LogP contribution in [0.3, 0.4) is 0 Å². The molecule has 0 bridgehead atoms. The molecule has 1 aromatic heterocycles. The predicted octanol–water partition coefficient (Wildman–Crippen LogP) is 2.58. The van der Waals surface area contributed by atoms with E-state index < -0.39 is 0 Å². The lowest BCUT2D eigenvalue weighted by atomic mass is 10.3. The van der Waals surface area contributed by atoms with Gasteiger partial charge in [-0.25, -0.2) is 0 Å². The Bertz CT molecular complexity index is 214. The molecular weight excluding hydrogens is 293 g/mol. The van der Waals surface area contributed by atoms with Gasteiger partial charge in [-0.2, -0.15) is 11.3 Å². The van der Waals surface area contributed by atoms with Crippen molar-refractivity contribution in [3.63, 3.8) is 0 Å².